The van der Waals surface area contributed by atoms with E-state index in [0.717, 1.165) is 18.2 Å². The second-order valence-electron chi connectivity index (χ2n) is 7.09. The van der Waals surface area contributed by atoms with Gasteiger partial charge in [0.15, 0.2) is 9.84 Å². The van der Waals surface area contributed by atoms with Crippen LogP contribution in [0.4, 0.5) is 17.1 Å². The van der Waals surface area contributed by atoms with Gasteiger partial charge in [-0.15, -0.1) is 5.11 Å². The van der Waals surface area contributed by atoms with Gasteiger partial charge < -0.3 is 25.2 Å². The third-order valence-corrected chi connectivity index (χ3v) is 8.22. The molecule has 0 radical (unpaired) electrons. The van der Waals surface area contributed by atoms with Crippen molar-refractivity contribution in [1.82, 2.24) is 0 Å². The Kier molecular flexibility index (Phi) is 17.0. The zero-order valence-corrected chi connectivity index (χ0v) is 30.7. The number of aromatic hydroxyl groups is 1. The first-order valence-electron chi connectivity index (χ1n) is 9.65. The molecule has 0 aromatic heterocycles. The van der Waals surface area contributed by atoms with Crippen molar-refractivity contribution < 1.29 is 147 Å². The maximum absolute atomic E-state index is 12.3. The molecule has 0 aliphatic rings. The molecule has 0 atom stereocenters. The minimum absolute atomic E-state index is 0. The summed E-state index contributed by atoms with van der Waals surface area (Å²) < 4.78 is 98.2. The van der Waals surface area contributed by atoms with Gasteiger partial charge >= 0.3 is 88.7 Å². The maximum Gasteiger partial charge on any atom is 1.00 e. The minimum atomic E-state index is -5.05. The molecule has 3 aromatic rings. The zero-order valence-electron chi connectivity index (χ0n) is 21.4. The SMILES string of the molecule is Nc1c(N=Nc2ccc(S(=O)(=O)CCOS(=O)(=O)[O-])cc2)c(SOO[O-])cc2cc(S(=O)(=O)[O-])cc(O)c12.[Na+].[Na+].[Na+]. The Morgan fingerprint density at radius 2 is 1.51 bits per heavy atom. The van der Waals surface area contributed by atoms with E-state index >= 15 is 0 Å². The van der Waals surface area contributed by atoms with Crippen LogP contribution >= 0.6 is 12.0 Å². The van der Waals surface area contributed by atoms with E-state index in [1.54, 1.807) is 0 Å². The van der Waals surface area contributed by atoms with E-state index in [9.17, 15) is 44.7 Å². The summed E-state index contributed by atoms with van der Waals surface area (Å²) in [7, 11) is -14.0. The predicted molar refractivity (Wildman–Crippen MR) is 124 cm³/mol. The molecule has 0 spiro atoms. The molecule has 41 heavy (non-hydrogen) atoms. The van der Waals surface area contributed by atoms with Crippen LogP contribution in [0.25, 0.3) is 10.8 Å². The number of azo groups is 1. The smallest absolute Gasteiger partial charge is 0.744 e. The van der Waals surface area contributed by atoms with Gasteiger partial charge in [0.1, 0.15) is 21.6 Å². The van der Waals surface area contributed by atoms with Crippen LogP contribution in [0.15, 0.2) is 67.4 Å². The van der Waals surface area contributed by atoms with Crippen molar-refractivity contribution in [2.75, 3.05) is 18.1 Å². The van der Waals surface area contributed by atoms with Crippen molar-refractivity contribution in [2.45, 2.75) is 14.7 Å². The van der Waals surface area contributed by atoms with Crippen LogP contribution < -0.4 is 99.7 Å². The first-order valence-corrected chi connectivity index (χ1v) is 14.8. The number of anilines is 1. The van der Waals surface area contributed by atoms with Gasteiger partial charge in [0.2, 0.25) is 10.4 Å². The summed E-state index contributed by atoms with van der Waals surface area (Å²) in [6.07, 6.45) is 0. The van der Waals surface area contributed by atoms with Crippen LogP contribution in [0.5, 0.6) is 5.75 Å². The fraction of sp³-hybridized carbons (Fsp3) is 0.111. The third-order valence-electron chi connectivity index (χ3n) is 4.65. The number of rotatable bonds is 11. The quantitative estimate of drug-likeness (QED) is 0.0279. The third kappa shape index (κ3) is 11.5. The molecule has 3 N–H and O–H groups in total. The average molecular weight is 678 g/mol. The van der Waals surface area contributed by atoms with E-state index in [0.29, 0.717) is 18.1 Å². The maximum atomic E-state index is 12.3. The van der Waals surface area contributed by atoms with Crippen molar-refractivity contribution in [1.29, 1.82) is 0 Å². The first-order chi connectivity index (χ1) is 17.6. The van der Waals surface area contributed by atoms with Crippen molar-refractivity contribution in [3.8, 4) is 5.75 Å². The number of nitrogens with zero attached hydrogens (tertiary/aromatic N) is 2. The summed E-state index contributed by atoms with van der Waals surface area (Å²) >= 11 is 0.312. The molecular weight excluding hydrogens is 663 g/mol. The Morgan fingerprint density at radius 1 is 0.902 bits per heavy atom. The number of hydrogen-bond donors (Lipinski definition) is 2. The van der Waals surface area contributed by atoms with Gasteiger partial charge in [-0.2, -0.15) is 9.45 Å². The van der Waals surface area contributed by atoms with Gasteiger partial charge in [-0.25, -0.2) is 25.3 Å². The van der Waals surface area contributed by atoms with E-state index < -0.39 is 53.4 Å². The number of benzene rings is 3. The molecule has 0 unspecified atom stereocenters. The second-order valence-corrected chi connectivity index (χ2v) is 12.4. The molecule has 0 amide bonds. The molecule has 0 aliphatic carbocycles. The Bertz CT molecular complexity index is 1720. The largest absolute Gasteiger partial charge is 1.00 e. The molecule has 0 saturated heterocycles. The van der Waals surface area contributed by atoms with Gasteiger partial charge in [0, 0.05) is 5.39 Å². The molecule has 0 aliphatic heterocycles. The first kappa shape index (κ1) is 41.1. The zero-order chi connectivity index (χ0) is 28.3. The van der Waals surface area contributed by atoms with Crippen LogP contribution in [-0.2, 0) is 43.9 Å². The summed E-state index contributed by atoms with van der Waals surface area (Å²) in [5.74, 6) is -1.45. The summed E-state index contributed by atoms with van der Waals surface area (Å²) in [6.45, 7) is -0.873. The van der Waals surface area contributed by atoms with E-state index in [1.807, 2.05) is 0 Å². The van der Waals surface area contributed by atoms with Crippen molar-refractivity contribution in [3.63, 3.8) is 0 Å². The number of hydrogen-bond acceptors (Lipinski definition) is 17. The molecule has 206 valence electrons. The molecule has 3 rings (SSSR count). The van der Waals surface area contributed by atoms with Gasteiger partial charge in [-0.05, 0) is 47.9 Å². The van der Waals surface area contributed by atoms with Gasteiger partial charge in [-0.1, -0.05) is 0 Å². The van der Waals surface area contributed by atoms with Crippen LogP contribution in [0.2, 0.25) is 0 Å². The summed E-state index contributed by atoms with van der Waals surface area (Å²) in [4.78, 5) is -1.02. The van der Waals surface area contributed by atoms with E-state index in [1.165, 1.54) is 18.2 Å². The summed E-state index contributed by atoms with van der Waals surface area (Å²) in [5, 5.41) is 31.6. The van der Waals surface area contributed by atoms with Gasteiger partial charge in [-0.3, -0.25) is 9.22 Å². The molecule has 16 nitrogen and oxygen atoms in total. The van der Waals surface area contributed by atoms with Crippen molar-refractivity contribution >= 4 is 70.2 Å². The average Bonchev–Trinajstić information content (AvgIpc) is 2.80. The van der Waals surface area contributed by atoms with Crippen LogP contribution in [0.1, 0.15) is 0 Å². The fourth-order valence-corrected chi connectivity index (χ4v) is 5.56. The predicted octanol–water partition coefficient (Wildman–Crippen LogP) is -8.06. The molecule has 0 saturated carbocycles. The molecule has 0 heterocycles. The molecule has 23 heteroatoms. The Morgan fingerprint density at radius 3 is 2.05 bits per heavy atom. The van der Waals surface area contributed by atoms with Crippen LogP contribution in [0.3, 0.4) is 0 Å². The fourth-order valence-electron chi connectivity index (χ4n) is 3.04. The van der Waals surface area contributed by atoms with Crippen LogP contribution in [-0.4, -0.2) is 51.8 Å². The molecule has 3 aromatic carbocycles. The van der Waals surface area contributed by atoms with Gasteiger partial charge in [0.05, 0.1) is 50.5 Å². The number of phenolic OH excluding ortho intramolecular Hbond substituents is 1. The Hall–Kier alpha value is 0.0800. The number of sulfone groups is 1. The molecule has 0 bridgehead atoms. The number of phenols is 1. The van der Waals surface area contributed by atoms with Crippen LogP contribution in [0, 0.1) is 0 Å². The number of nitrogen functional groups attached to an aromatic ring is 1. The Balaban J connectivity index is 0.00000533. The number of nitrogens with two attached hydrogens (primary N) is 1. The second kappa shape index (κ2) is 17.0. The van der Waals surface area contributed by atoms with E-state index in [2.05, 4.69) is 23.8 Å². The van der Waals surface area contributed by atoms with E-state index in [4.69, 9.17) is 5.73 Å². The molecular formula is C18H14N3Na3O13S4. The summed E-state index contributed by atoms with van der Waals surface area (Å²) in [5.41, 5.74) is 5.77. The standard InChI is InChI=1S/C18H17N3O13S4.3Na/c19-17-16-10(7-13(9-14(16)22)37(26,27)28)8-15(35-34-33-23)18(17)21-20-11-1-3-12(4-2-11)36(24,25)6-5-32-38(29,30)31;;;/h1-4,7-9,22-23H,5-6,19H2,(H,26,27,28)(H,29,30,31);;;/q;3*+1/p-3. The van der Waals surface area contributed by atoms with Gasteiger partial charge in [0.25, 0.3) is 0 Å². The Labute approximate surface area is 304 Å². The topological polar surface area (TPSA) is 270 Å². The van der Waals surface area contributed by atoms with E-state index in [-0.39, 0.29) is 126 Å². The summed E-state index contributed by atoms with van der Waals surface area (Å²) in [6, 6.07) is 7.53. The van der Waals surface area contributed by atoms with Crippen molar-refractivity contribution in [3.05, 3.63) is 42.5 Å². The minimum Gasteiger partial charge on any atom is -0.744 e. The van der Waals surface area contributed by atoms with Crippen molar-refractivity contribution in [2.24, 2.45) is 10.2 Å². The monoisotopic (exact) mass is 677 g/mol. The number of fused-ring (bicyclic) bond motifs is 1. The normalized spacial score (nSPS) is 12.0. The molecule has 0 fully saturated rings.